The molecule has 0 aliphatic carbocycles. The lowest BCUT2D eigenvalue weighted by molar-refractivity contribution is 0.151. The van der Waals surface area contributed by atoms with Gasteiger partial charge in [0.1, 0.15) is 5.75 Å². The number of nitrogens with one attached hydrogen (secondary N) is 1. The maximum Gasteiger partial charge on any atom is 0.118 e. The van der Waals surface area contributed by atoms with E-state index in [9.17, 15) is 5.11 Å². The lowest BCUT2D eigenvalue weighted by atomic mass is 9.87. The van der Waals surface area contributed by atoms with Crippen molar-refractivity contribution in [1.82, 2.24) is 5.32 Å². The molecule has 0 heterocycles. The van der Waals surface area contributed by atoms with Crippen molar-refractivity contribution in [2.75, 3.05) is 20.3 Å². The zero-order valence-corrected chi connectivity index (χ0v) is 11.9. The van der Waals surface area contributed by atoms with Crippen LogP contribution in [0, 0.1) is 5.92 Å². The standard InChI is InChI=1S/C15H25NO2/c1-5-15(11-17,16-10-12(2)3)13-6-8-14(18-4)9-7-13/h6-9,12,16-17H,5,10-11H2,1-4H3. The molecule has 102 valence electrons. The van der Waals surface area contributed by atoms with Crippen LogP contribution in [-0.2, 0) is 5.54 Å². The van der Waals surface area contributed by atoms with Crippen molar-refractivity contribution in [3.05, 3.63) is 29.8 Å². The van der Waals surface area contributed by atoms with Gasteiger partial charge in [-0.25, -0.2) is 0 Å². The van der Waals surface area contributed by atoms with Crippen LogP contribution in [0.2, 0.25) is 0 Å². The van der Waals surface area contributed by atoms with Crippen molar-refractivity contribution < 1.29 is 9.84 Å². The number of hydrogen-bond acceptors (Lipinski definition) is 3. The van der Waals surface area contributed by atoms with Crippen LogP contribution in [0.3, 0.4) is 0 Å². The van der Waals surface area contributed by atoms with Gasteiger partial charge in [0.15, 0.2) is 0 Å². The van der Waals surface area contributed by atoms with Gasteiger partial charge >= 0.3 is 0 Å². The lowest BCUT2D eigenvalue weighted by Gasteiger charge is -2.33. The van der Waals surface area contributed by atoms with Crippen molar-refractivity contribution in [1.29, 1.82) is 0 Å². The van der Waals surface area contributed by atoms with Crippen molar-refractivity contribution in [2.24, 2.45) is 5.92 Å². The van der Waals surface area contributed by atoms with E-state index < -0.39 is 0 Å². The highest BCUT2D eigenvalue weighted by Crippen LogP contribution is 2.26. The average Bonchev–Trinajstić information content (AvgIpc) is 2.41. The summed E-state index contributed by atoms with van der Waals surface area (Å²) in [6, 6.07) is 7.91. The van der Waals surface area contributed by atoms with Gasteiger partial charge in [0.25, 0.3) is 0 Å². The molecule has 0 saturated heterocycles. The highest BCUT2D eigenvalue weighted by atomic mass is 16.5. The highest BCUT2D eigenvalue weighted by molar-refractivity contribution is 5.32. The molecule has 3 heteroatoms. The Morgan fingerprint density at radius 2 is 1.89 bits per heavy atom. The molecule has 0 aliphatic heterocycles. The van der Waals surface area contributed by atoms with Gasteiger partial charge in [-0.05, 0) is 36.6 Å². The molecule has 0 saturated carbocycles. The summed E-state index contributed by atoms with van der Waals surface area (Å²) in [5.74, 6) is 1.39. The first-order valence-electron chi connectivity index (χ1n) is 6.58. The largest absolute Gasteiger partial charge is 0.497 e. The van der Waals surface area contributed by atoms with Crippen LogP contribution in [0.5, 0.6) is 5.75 Å². The zero-order chi connectivity index (χ0) is 13.6. The number of rotatable bonds is 7. The third kappa shape index (κ3) is 3.47. The highest BCUT2D eigenvalue weighted by Gasteiger charge is 2.29. The van der Waals surface area contributed by atoms with E-state index in [0.29, 0.717) is 5.92 Å². The molecule has 1 aromatic rings. The smallest absolute Gasteiger partial charge is 0.118 e. The molecule has 1 aromatic carbocycles. The predicted octanol–water partition coefficient (Wildman–Crippen LogP) is 2.54. The van der Waals surface area contributed by atoms with E-state index in [0.717, 1.165) is 24.3 Å². The molecule has 0 spiro atoms. The maximum atomic E-state index is 9.78. The normalized spacial score (nSPS) is 14.6. The third-order valence-corrected chi connectivity index (χ3v) is 3.36. The first-order chi connectivity index (χ1) is 8.57. The van der Waals surface area contributed by atoms with E-state index in [1.807, 2.05) is 24.3 Å². The Morgan fingerprint density at radius 3 is 2.28 bits per heavy atom. The zero-order valence-electron chi connectivity index (χ0n) is 11.9. The molecule has 0 aliphatic rings. The Bertz CT molecular complexity index is 342. The number of methoxy groups -OCH3 is 1. The van der Waals surface area contributed by atoms with Crippen LogP contribution in [0.15, 0.2) is 24.3 Å². The summed E-state index contributed by atoms with van der Waals surface area (Å²) in [7, 11) is 1.66. The quantitative estimate of drug-likeness (QED) is 0.782. The topological polar surface area (TPSA) is 41.5 Å². The van der Waals surface area contributed by atoms with E-state index >= 15 is 0 Å². The van der Waals surface area contributed by atoms with Crippen LogP contribution < -0.4 is 10.1 Å². The molecular formula is C15H25NO2. The molecule has 1 rings (SSSR count). The molecule has 1 unspecified atom stereocenters. The molecule has 0 radical (unpaired) electrons. The Morgan fingerprint density at radius 1 is 1.28 bits per heavy atom. The number of ether oxygens (including phenoxy) is 1. The fraction of sp³-hybridized carbons (Fsp3) is 0.600. The third-order valence-electron chi connectivity index (χ3n) is 3.36. The second-order valence-electron chi connectivity index (χ2n) is 5.10. The van der Waals surface area contributed by atoms with Crippen molar-refractivity contribution in [3.63, 3.8) is 0 Å². The van der Waals surface area contributed by atoms with Gasteiger partial charge in [0.05, 0.1) is 19.3 Å². The van der Waals surface area contributed by atoms with Gasteiger partial charge in [0, 0.05) is 0 Å². The van der Waals surface area contributed by atoms with Crippen molar-refractivity contribution in [3.8, 4) is 5.75 Å². The van der Waals surface area contributed by atoms with Crippen LogP contribution >= 0.6 is 0 Å². The molecule has 18 heavy (non-hydrogen) atoms. The fourth-order valence-electron chi connectivity index (χ4n) is 2.00. The molecule has 1 atom stereocenters. The number of hydrogen-bond donors (Lipinski definition) is 2. The minimum absolute atomic E-state index is 0.0998. The average molecular weight is 251 g/mol. The predicted molar refractivity (Wildman–Crippen MR) is 74.9 cm³/mol. The number of benzene rings is 1. The van der Waals surface area contributed by atoms with Crippen LogP contribution in [-0.4, -0.2) is 25.4 Å². The van der Waals surface area contributed by atoms with Crippen LogP contribution in [0.1, 0.15) is 32.8 Å². The van der Waals surface area contributed by atoms with E-state index in [4.69, 9.17) is 4.74 Å². The summed E-state index contributed by atoms with van der Waals surface area (Å²) in [4.78, 5) is 0. The van der Waals surface area contributed by atoms with Gasteiger partial charge in [-0.3, -0.25) is 0 Å². The molecule has 3 nitrogen and oxygen atoms in total. The van der Waals surface area contributed by atoms with Crippen LogP contribution in [0.25, 0.3) is 0 Å². The maximum absolute atomic E-state index is 9.78. The van der Waals surface area contributed by atoms with E-state index in [-0.39, 0.29) is 12.1 Å². The summed E-state index contributed by atoms with van der Waals surface area (Å²) in [6.07, 6.45) is 0.850. The second-order valence-corrected chi connectivity index (χ2v) is 5.10. The van der Waals surface area contributed by atoms with Gasteiger partial charge in [-0.2, -0.15) is 0 Å². The SMILES string of the molecule is CCC(CO)(NCC(C)C)c1ccc(OC)cc1. The second kappa shape index (κ2) is 6.76. The first-order valence-corrected chi connectivity index (χ1v) is 6.58. The summed E-state index contributed by atoms with van der Waals surface area (Å²) < 4.78 is 5.16. The molecule has 0 fully saturated rings. The Kier molecular flexibility index (Phi) is 5.63. The summed E-state index contributed by atoms with van der Waals surface area (Å²) in [5, 5.41) is 13.3. The van der Waals surface area contributed by atoms with E-state index in [2.05, 4.69) is 26.1 Å². The molecule has 0 aromatic heterocycles. The minimum Gasteiger partial charge on any atom is -0.497 e. The molecular weight excluding hydrogens is 226 g/mol. The molecule has 0 amide bonds. The van der Waals surface area contributed by atoms with Gasteiger partial charge in [0.2, 0.25) is 0 Å². The van der Waals surface area contributed by atoms with Crippen LogP contribution in [0.4, 0.5) is 0 Å². The van der Waals surface area contributed by atoms with E-state index in [1.54, 1.807) is 7.11 Å². The molecule has 2 N–H and O–H groups in total. The van der Waals surface area contributed by atoms with Crippen molar-refractivity contribution >= 4 is 0 Å². The fourth-order valence-corrected chi connectivity index (χ4v) is 2.00. The summed E-state index contributed by atoms with van der Waals surface area (Å²) in [6.45, 7) is 7.41. The monoisotopic (exact) mass is 251 g/mol. The Labute approximate surface area is 110 Å². The Balaban J connectivity index is 2.93. The van der Waals surface area contributed by atoms with Gasteiger partial charge in [-0.1, -0.05) is 32.9 Å². The first kappa shape index (κ1) is 15.0. The lowest BCUT2D eigenvalue weighted by Crippen LogP contribution is -2.46. The van der Waals surface area contributed by atoms with Gasteiger partial charge in [-0.15, -0.1) is 0 Å². The van der Waals surface area contributed by atoms with E-state index in [1.165, 1.54) is 0 Å². The van der Waals surface area contributed by atoms with Gasteiger partial charge < -0.3 is 15.2 Å². The summed E-state index contributed by atoms with van der Waals surface area (Å²) >= 11 is 0. The van der Waals surface area contributed by atoms with Crippen molar-refractivity contribution in [2.45, 2.75) is 32.7 Å². The minimum atomic E-state index is -0.351. The number of aliphatic hydroxyl groups is 1. The molecule has 0 bridgehead atoms. The summed E-state index contributed by atoms with van der Waals surface area (Å²) in [5.41, 5.74) is 0.755. The Hall–Kier alpha value is -1.06. The number of aliphatic hydroxyl groups excluding tert-OH is 1.